The van der Waals surface area contributed by atoms with Gasteiger partial charge in [0.05, 0.1) is 16.6 Å². The Morgan fingerprint density at radius 2 is 1.81 bits per heavy atom. The normalized spacial score (nSPS) is 14.3. The zero-order valence-corrected chi connectivity index (χ0v) is 15.0. The minimum atomic E-state index is -0.416. The van der Waals surface area contributed by atoms with Crippen LogP contribution in [0.4, 0.5) is 10.1 Å². The molecule has 1 aromatic heterocycles. The third-order valence-corrected chi connectivity index (χ3v) is 5.16. The van der Waals surface area contributed by atoms with Crippen LogP contribution in [0, 0.1) is 17.1 Å². The van der Waals surface area contributed by atoms with Gasteiger partial charge in [0.25, 0.3) is 0 Å². The van der Waals surface area contributed by atoms with Crippen molar-refractivity contribution in [2.24, 2.45) is 0 Å². The molecule has 1 saturated heterocycles. The fourth-order valence-electron chi connectivity index (χ4n) is 3.77. The van der Waals surface area contributed by atoms with Crippen molar-refractivity contribution in [3.05, 3.63) is 75.8 Å². The van der Waals surface area contributed by atoms with Crippen LogP contribution in [0.2, 0.25) is 0 Å². The molecule has 4 nitrogen and oxygen atoms in total. The Morgan fingerprint density at radius 3 is 2.52 bits per heavy atom. The number of piperidine rings is 1. The van der Waals surface area contributed by atoms with Crippen LogP contribution in [0.15, 0.2) is 53.5 Å². The summed E-state index contributed by atoms with van der Waals surface area (Å²) in [6.07, 6.45) is 4.83. The number of fused-ring (bicyclic) bond motifs is 1. The summed E-state index contributed by atoms with van der Waals surface area (Å²) >= 11 is 0. The predicted molar refractivity (Wildman–Crippen MR) is 104 cm³/mol. The molecular formula is C22H20FN3O. The van der Waals surface area contributed by atoms with Crippen LogP contribution in [-0.4, -0.2) is 17.7 Å². The first-order chi connectivity index (χ1) is 13.2. The van der Waals surface area contributed by atoms with E-state index >= 15 is 0 Å². The van der Waals surface area contributed by atoms with Gasteiger partial charge in [-0.3, -0.25) is 4.79 Å². The summed E-state index contributed by atoms with van der Waals surface area (Å²) in [6.45, 7) is 2.15. The van der Waals surface area contributed by atoms with Crippen molar-refractivity contribution in [2.45, 2.75) is 25.8 Å². The molecule has 1 aliphatic rings. The largest absolute Gasteiger partial charge is 0.369 e. The standard InChI is InChI=1S/C22H20FN3O/c23-19-11-18-20(12-21(19)25-9-5-2-6-10-25)26(15-17(13-24)22(18)27)14-16-7-3-1-4-8-16/h1,3-4,7-8,11-12,15H,2,5-6,9-10,14H2. The number of benzene rings is 2. The van der Waals surface area contributed by atoms with Gasteiger partial charge in [0, 0.05) is 25.8 Å². The van der Waals surface area contributed by atoms with Crippen LogP contribution in [-0.2, 0) is 6.54 Å². The molecule has 0 spiro atoms. The molecule has 2 heterocycles. The summed E-state index contributed by atoms with van der Waals surface area (Å²) in [5.41, 5.74) is 1.86. The number of pyridine rings is 1. The Kier molecular flexibility index (Phi) is 4.64. The van der Waals surface area contributed by atoms with Gasteiger partial charge in [-0.15, -0.1) is 0 Å². The van der Waals surface area contributed by atoms with Crippen LogP contribution in [0.5, 0.6) is 0 Å². The number of hydrogen-bond donors (Lipinski definition) is 0. The molecule has 4 rings (SSSR count). The number of nitriles is 1. The van der Waals surface area contributed by atoms with Gasteiger partial charge in [0.2, 0.25) is 5.43 Å². The summed E-state index contributed by atoms with van der Waals surface area (Å²) in [7, 11) is 0. The quantitative estimate of drug-likeness (QED) is 0.707. The van der Waals surface area contributed by atoms with Crippen molar-refractivity contribution >= 4 is 16.6 Å². The number of nitrogens with zero attached hydrogens (tertiary/aromatic N) is 3. The van der Waals surface area contributed by atoms with Crippen molar-refractivity contribution in [2.75, 3.05) is 18.0 Å². The van der Waals surface area contributed by atoms with Crippen LogP contribution in [0.3, 0.4) is 0 Å². The number of anilines is 1. The fourth-order valence-corrected chi connectivity index (χ4v) is 3.77. The maximum absolute atomic E-state index is 14.8. The Labute approximate surface area is 157 Å². The highest BCUT2D eigenvalue weighted by Crippen LogP contribution is 2.28. The minimum absolute atomic E-state index is 0.0311. The lowest BCUT2D eigenvalue weighted by Gasteiger charge is -2.29. The van der Waals surface area contributed by atoms with Gasteiger partial charge in [-0.2, -0.15) is 5.26 Å². The molecule has 0 N–H and O–H groups in total. The van der Waals surface area contributed by atoms with E-state index in [0.29, 0.717) is 17.7 Å². The molecule has 3 aromatic rings. The molecule has 27 heavy (non-hydrogen) atoms. The van der Waals surface area contributed by atoms with E-state index in [9.17, 15) is 14.4 Å². The third kappa shape index (κ3) is 3.31. The van der Waals surface area contributed by atoms with Gasteiger partial charge in [-0.05, 0) is 37.0 Å². The van der Waals surface area contributed by atoms with Gasteiger partial charge in [0.1, 0.15) is 17.4 Å². The van der Waals surface area contributed by atoms with E-state index < -0.39 is 11.2 Å². The smallest absolute Gasteiger partial charge is 0.207 e. The molecule has 1 aliphatic heterocycles. The second-order valence-corrected chi connectivity index (χ2v) is 6.97. The zero-order chi connectivity index (χ0) is 18.8. The molecular weight excluding hydrogens is 341 g/mol. The number of halogens is 1. The van der Waals surface area contributed by atoms with Crippen molar-refractivity contribution < 1.29 is 4.39 Å². The molecule has 0 unspecified atom stereocenters. The first-order valence-corrected chi connectivity index (χ1v) is 9.23. The summed E-state index contributed by atoms with van der Waals surface area (Å²) in [4.78, 5) is 14.6. The van der Waals surface area contributed by atoms with E-state index in [4.69, 9.17) is 0 Å². The highest BCUT2D eigenvalue weighted by Gasteiger charge is 2.18. The summed E-state index contributed by atoms with van der Waals surface area (Å²) < 4.78 is 16.7. The summed E-state index contributed by atoms with van der Waals surface area (Å²) in [5, 5.41) is 9.58. The van der Waals surface area contributed by atoms with Crippen molar-refractivity contribution in [3.63, 3.8) is 0 Å². The predicted octanol–water partition coefficient (Wildman–Crippen LogP) is 4.05. The highest BCUT2D eigenvalue weighted by atomic mass is 19.1. The van der Waals surface area contributed by atoms with Gasteiger partial charge >= 0.3 is 0 Å². The lowest BCUT2D eigenvalue weighted by molar-refractivity contribution is 0.557. The van der Waals surface area contributed by atoms with E-state index in [2.05, 4.69) is 0 Å². The molecule has 0 atom stereocenters. The molecule has 2 aromatic carbocycles. The first-order valence-electron chi connectivity index (χ1n) is 9.23. The van der Waals surface area contributed by atoms with E-state index in [-0.39, 0.29) is 10.9 Å². The van der Waals surface area contributed by atoms with Crippen LogP contribution in [0.25, 0.3) is 10.9 Å². The average molecular weight is 361 g/mol. The average Bonchev–Trinajstić information content (AvgIpc) is 2.71. The highest BCUT2D eigenvalue weighted by molar-refractivity contribution is 5.84. The summed E-state index contributed by atoms with van der Waals surface area (Å²) in [5.74, 6) is -0.400. The topological polar surface area (TPSA) is 49.0 Å². The summed E-state index contributed by atoms with van der Waals surface area (Å²) in [6, 6.07) is 14.8. The van der Waals surface area contributed by atoms with E-state index in [1.165, 1.54) is 6.07 Å². The van der Waals surface area contributed by atoms with Crippen LogP contribution < -0.4 is 10.3 Å². The molecule has 1 fully saturated rings. The van der Waals surface area contributed by atoms with Gasteiger partial charge in [-0.1, -0.05) is 30.3 Å². The second kappa shape index (κ2) is 7.24. The molecule has 0 aliphatic carbocycles. The number of hydrogen-bond acceptors (Lipinski definition) is 3. The molecule has 136 valence electrons. The van der Waals surface area contributed by atoms with Gasteiger partial charge < -0.3 is 9.47 Å². The molecule has 0 saturated carbocycles. The van der Waals surface area contributed by atoms with E-state index in [1.54, 1.807) is 12.3 Å². The Bertz CT molecular complexity index is 1080. The zero-order valence-electron chi connectivity index (χ0n) is 15.0. The Hall–Kier alpha value is -3.13. The van der Waals surface area contributed by atoms with Crippen LogP contribution >= 0.6 is 0 Å². The number of aromatic nitrogens is 1. The SMILES string of the molecule is N#Cc1cn(Cc2ccccc2)c2cc(N3CCCCC3)c(F)cc2c1=O. The lowest BCUT2D eigenvalue weighted by atomic mass is 10.1. The molecule has 0 amide bonds. The fraction of sp³-hybridized carbons (Fsp3) is 0.273. The Morgan fingerprint density at radius 1 is 1.07 bits per heavy atom. The lowest BCUT2D eigenvalue weighted by Crippen LogP contribution is -2.30. The van der Waals surface area contributed by atoms with E-state index in [1.807, 2.05) is 45.9 Å². The maximum atomic E-state index is 14.8. The van der Waals surface area contributed by atoms with Crippen molar-refractivity contribution in [3.8, 4) is 6.07 Å². The van der Waals surface area contributed by atoms with Crippen molar-refractivity contribution in [1.82, 2.24) is 4.57 Å². The minimum Gasteiger partial charge on any atom is -0.369 e. The molecule has 5 heteroatoms. The molecule has 0 bridgehead atoms. The maximum Gasteiger partial charge on any atom is 0.207 e. The Balaban J connectivity index is 1.90. The van der Waals surface area contributed by atoms with E-state index in [0.717, 1.165) is 37.9 Å². The van der Waals surface area contributed by atoms with Gasteiger partial charge in [-0.25, -0.2) is 4.39 Å². The first kappa shape index (κ1) is 17.3. The third-order valence-electron chi connectivity index (χ3n) is 5.16. The van der Waals surface area contributed by atoms with Gasteiger partial charge in [0.15, 0.2) is 0 Å². The monoisotopic (exact) mass is 361 g/mol. The van der Waals surface area contributed by atoms with Crippen molar-refractivity contribution in [1.29, 1.82) is 5.26 Å². The number of rotatable bonds is 3. The van der Waals surface area contributed by atoms with Crippen LogP contribution in [0.1, 0.15) is 30.4 Å². The molecule has 0 radical (unpaired) electrons. The second-order valence-electron chi connectivity index (χ2n) is 6.97.